The van der Waals surface area contributed by atoms with Crippen molar-refractivity contribution in [3.63, 3.8) is 0 Å². The molecule has 0 heterocycles. The van der Waals surface area contributed by atoms with Gasteiger partial charge in [-0.3, -0.25) is 40.9 Å². The topological polar surface area (TPSA) is 135 Å². The first kappa shape index (κ1) is 31.3. The fourth-order valence-corrected chi connectivity index (χ4v) is 3.70. The SMILES string of the molecule is CC(Oc1ccc(Cl)cc1Cl)C(=O)NNC(=O)CCCCC(=O)NNC(=O)C(C)Oc1ccc(Cl)cc1Cl. The zero-order valence-corrected chi connectivity index (χ0v) is 23.4. The summed E-state index contributed by atoms with van der Waals surface area (Å²) in [7, 11) is 0. The van der Waals surface area contributed by atoms with E-state index in [-0.39, 0.29) is 34.4 Å². The lowest BCUT2D eigenvalue weighted by Crippen LogP contribution is -2.47. The largest absolute Gasteiger partial charge is 0.479 e. The average molecular weight is 608 g/mol. The van der Waals surface area contributed by atoms with Crippen molar-refractivity contribution in [1.82, 2.24) is 21.7 Å². The zero-order chi connectivity index (χ0) is 28.2. The maximum Gasteiger partial charge on any atom is 0.279 e. The number of benzene rings is 2. The van der Waals surface area contributed by atoms with Gasteiger partial charge in [0, 0.05) is 22.9 Å². The number of carbonyl (C=O) groups is 4. The summed E-state index contributed by atoms with van der Waals surface area (Å²) in [6, 6.07) is 9.15. The van der Waals surface area contributed by atoms with Gasteiger partial charge >= 0.3 is 0 Å². The van der Waals surface area contributed by atoms with E-state index in [1.807, 2.05) is 0 Å². The first-order valence-corrected chi connectivity index (χ1v) is 12.9. The van der Waals surface area contributed by atoms with E-state index in [4.69, 9.17) is 55.9 Å². The molecule has 38 heavy (non-hydrogen) atoms. The first-order chi connectivity index (χ1) is 18.0. The first-order valence-electron chi connectivity index (χ1n) is 11.4. The second-order valence-electron chi connectivity index (χ2n) is 7.95. The van der Waals surface area contributed by atoms with Gasteiger partial charge in [0.25, 0.3) is 11.8 Å². The monoisotopic (exact) mass is 606 g/mol. The number of hydrogen-bond donors (Lipinski definition) is 4. The van der Waals surface area contributed by atoms with Crippen LogP contribution in [0.25, 0.3) is 0 Å². The standard InChI is InChI=1S/C24H26Cl4N4O6/c1-13(37-19-9-7-15(25)11-17(19)27)23(35)31-29-21(33)5-3-4-6-22(34)30-32-24(36)14(2)38-20-10-8-16(26)12-18(20)28/h7-14H,3-6H2,1-2H3,(H,29,33)(H,30,34)(H,31,35)(H,32,36). The highest BCUT2D eigenvalue weighted by Gasteiger charge is 2.18. The molecule has 2 atom stereocenters. The summed E-state index contributed by atoms with van der Waals surface area (Å²) in [6.45, 7) is 2.98. The molecule has 0 radical (unpaired) electrons. The minimum Gasteiger partial charge on any atom is -0.479 e. The highest BCUT2D eigenvalue weighted by atomic mass is 35.5. The van der Waals surface area contributed by atoms with Crippen molar-refractivity contribution < 1.29 is 28.7 Å². The second-order valence-corrected chi connectivity index (χ2v) is 9.64. The van der Waals surface area contributed by atoms with Crippen LogP contribution in [-0.4, -0.2) is 35.8 Å². The molecule has 0 saturated heterocycles. The summed E-state index contributed by atoms with van der Waals surface area (Å²) < 4.78 is 10.9. The molecular weight excluding hydrogens is 582 g/mol. The Morgan fingerprint density at radius 2 is 1.03 bits per heavy atom. The summed E-state index contributed by atoms with van der Waals surface area (Å²) in [4.78, 5) is 48.2. The summed E-state index contributed by atoms with van der Waals surface area (Å²) in [5.74, 6) is -1.53. The predicted molar refractivity (Wildman–Crippen MR) is 144 cm³/mol. The fourth-order valence-electron chi connectivity index (χ4n) is 2.79. The van der Waals surface area contributed by atoms with E-state index >= 15 is 0 Å². The molecule has 2 unspecified atom stereocenters. The number of halogens is 4. The highest BCUT2D eigenvalue weighted by Crippen LogP contribution is 2.29. The van der Waals surface area contributed by atoms with Gasteiger partial charge in [-0.05, 0) is 63.1 Å². The molecule has 0 aliphatic rings. The van der Waals surface area contributed by atoms with Gasteiger partial charge in [0.15, 0.2) is 12.2 Å². The Kier molecular flexibility index (Phi) is 12.8. The normalized spacial score (nSPS) is 12.1. The lowest BCUT2D eigenvalue weighted by atomic mass is 10.2. The van der Waals surface area contributed by atoms with Gasteiger partial charge in [-0.2, -0.15) is 0 Å². The van der Waals surface area contributed by atoms with Crippen LogP contribution in [0.4, 0.5) is 0 Å². The Morgan fingerprint density at radius 3 is 1.37 bits per heavy atom. The number of ether oxygens (including phenoxy) is 2. The molecule has 0 fully saturated rings. The average Bonchev–Trinajstić information content (AvgIpc) is 2.86. The van der Waals surface area contributed by atoms with Gasteiger partial charge in [-0.15, -0.1) is 0 Å². The van der Waals surface area contributed by atoms with E-state index in [1.54, 1.807) is 12.1 Å². The molecule has 0 aliphatic carbocycles. The minimum absolute atomic E-state index is 0.0604. The van der Waals surface area contributed by atoms with Crippen molar-refractivity contribution >= 4 is 70.0 Å². The molecular formula is C24H26Cl4N4O6. The van der Waals surface area contributed by atoms with E-state index in [0.717, 1.165) is 0 Å². The van der Waals surface area contributed by atoms with Crippen LogP contribution in [0.2, 0.25) is 20.1 Å². The zero-order valence-electron chi connectivity index (χ0n) is 20.4. The number of rotatable bonds is 11. The Hall–Kier alpha value is -2.92. The van der Waals surface area contributed by atoms with E-state index in [2.05, 4.69) is 21.7 Å². The number of hydrogen-bond acceptors (Lipinski definition) is 6. The Bertz CT molecular complexity index is 1080. The number of nitrogens with one attached hydrogen (secondary N) is 4. The molecule has 2 rings (SSSR count). The quantitative estimate of drug-likeness (QED) is 0.221. The summed E-state index contributed by atoms with van der Waals surface area (Å²) in [5.41, 5.74) is 9.09. The van der Waals surface area contributed by atoms with Crippen molar-refractivity contribution in [3.8, 4) is 11.5 Å². The van der Waals surface area contributed by atoms with E-state index in [1.165, 1.54) is 38.1 Å². The van der Waals surface area contributed by atoms with Crippen molar-refractivity contribution in [2.45, 2.75) is 51.7 Å². The van der Waals surface area contributed by atoms with Crippen LogP contribution < -0.4 is 31.2 Å². The van der Waals surface area contributed by atoms with Crippen molar-refractivity contribution in [1.29, 1.82) is 0 Å². The van der Waals surface area contributed by atoms with Crippen LogP contribution >= 0.6 is 46.4 Å². The van der Waals surface area contributed by atoms with Gasteiger partial charge in [-0.25, -0.2) is 0 Å². The van der Waals surface area contributed by atoms with E-state index in [0.29, 0.717) is 22.9 Å². The highest BCUT2D eigenvalue weighted by molar-refractivity contribution is 6.36. The molecule has 206 valence electrons. The minimum atomic E-state index is -0.941. The van der Waals surface area contributed by atoms with Crippen molar-refractivity contribution in [2.75, 3.05) is 0 Å². The molecule has 2 aromatic rings. The third-order valence-electron chi connectivity index (χ3n) is 4.84. The molecule has 0 bridgehead atoms. The van der Waals surface area contributed by atoms with Gasteiger partial charge in [0.2, 0.25) is 11.8 Å². The fraction of sp³-hybridized carbons (Fsp3) is 0.333. The summed E-state index contributed by atoms with van der Waals surface area (Å²) in [6.07, 6.45) is -1.03. The molecule has 4 N–H and O–H groups in total. The van der Waals surface area contributed by atoms with Crippen LogP contribution in [0, 0.1) is 0 Å². The molecule has 0 aromatic heterocycles. The molecule has 0 saturated carbocycles. The van der Waals surface area contributed by atoms with E-state index < -0.39 is 35.8 Å². The van der Waals surface area contributed by atoms with Gasteiger partial charge in [0.1, 0.15) is 11.5 Å². The third kappa shape index (κ3) is 10.8. The molecule has 14 heteroatoms. The molecule has 10 nitrogen and oxygen atoms in total. The van der Waals surface area contributed by atoms with Crippen molar-refractivity contribution in [3.05, 3.63) is 56.5 Å². The maximum absolute atomic E-state index is 12.1. The summed E-state index contributed by atoms with van der Waals surface area (Å²) >= 11 is 23.7. The Labute approximate surface area is 239 Å². The Morgan fingerprint density at radius 1 is 0.658 bits per heavy atom. The number of hydrazine groups is 2. The second kappa shape index (κ2) is 15.5. The van der Waals surface area contributed by atoms with Crippen LogP contribution in [-0.2, 0) is 19.2 Å². The van der Waals surface area contributed by atoms with Crippen LogP contribution in [0.3, 0.4) is 0 Å². The van der Waals surface area contributed by atoms with Crippen LogP contribution in [0.5, 0.6) is 11.5 Å². The number of carbonyl (C=O) groups excluding carboxylic acids is 4. The van der Waals surface area contributed by atoms with Gasteiger partial charge < -0.3 is 9.47 Å². The van der Waals surface area contributed by atoms with Crippen LogP contribution in [0.15, 0.2) is 36.4 Å². The lowest BCUT2D eigenvalue weighted by Gasteiger charge is -2.16. The molecule has 0 aliphatic heterocycles. The van der Waals surface area contributed by atoms with E-state index in [9.17, 15) is 19.2 Å². The predicted octanol–water partition coefficient (Wildman–Crippen LogP) is 4.39. The van der Waals surface area contributed by atoms with Crippen molar-refractivity contribution in [2.24, 2.45) is 0 Å². The molecule has 4 amide bonds. The maximum atomic E-state index is 12.1. The van der Waals surface area contributed by atoms with Gasteiger partial charge in [-0.1, -0.05) is 46.4 Å². The molecule has 0 spiro atoms. The lowest BCUT2D eigenvalue weighted by molar-refractivity contribution is -0.133. The number of unbranched alkanes of at least 4 members (excludes halogenated alkanes) is 1. The smallest absolute Gasteiger partial charge is 0.279 e. The Balaban J connectivity index is 1.59. The third-order valence-corrected chi connectivity index (χ3v) is 5.90. The number of amides is 4. The van der Waals surface area contributed by atoms with Crippen LogP contribution in [0.1, 0.15) is 39.5 Å². The summed E-state index contributed by atoms with van der Waals surface area (Å²) in [5, 5.41) is 1.34. The van der Waals surface area contributed by atoms with Gasteiger partial charge in [0.05, 0.1) is 10.0 Å². The molecule has 2 aromatic carbocycles.